The third-order valence-corrected chi connectivity index (χ3v) is 6.84. The summed E-state index contributed by atoms with van der Waals surface area (Å²) in [5.74, 6) is -0.629. The van der Waals surface area contributed by atoms with Crippen LogP contribution in [0.15, 0.2) is 0 Å². The molecule has 1 fully saturated rings. The van der Waals surface area contributed by atoms with Crippen molar-refractivity contribution >= 4 is 41.1 Å². The van der Waals surface area contributed by atoms with Crippen molar-refractivity contribution in [2.24, 2.45) is 5.92 Å². The standard InChI is InChI=1S/C15H20N4O4S3/c1-7-9(12(23-17-7)13-8(2)16-18-26-13)6-10-14(22)19(15(24)25-10)5-3-4-11(20)21/h7,9,12,17,22H,3-6H2,1-2H3,(H,20,21). The van der Waals surface area contributed by atoms with Crippen LogP contribution in [0.5, 0.6) is 5.88 Å². The van der Waals surface area contributed by atoms with Crippen molar-refractivity contribution in [3.8, 4) is 5.88 Å². The van der Waals surface area contributed by atoms with Gasteiger partial charge in [0.15, 0.2) is 3.95 Å². The van der Waals surface area contributed by atoms with E-state index in [0.717, 1.165) is 15.4 Å². The molecule has 0 saturated carbocycles. The highest BCUT2D eigenvalue weighted by Gasteiger charge is 2.39. The molecular weight excluding hydrogens is 396 g/mol. The Morgan fingerprint density at radius 3 is 2.92 bits per heavy atom. The molecule has 0 radical (unpaired) electrons. The maximum absolute atomic E-state index is 10.7. The van der Waals surface area contributed by atoms with Crippen molar-refractivity contribution in [1.82, 2.24) is 19.6 Å². The van der Waals surface area contributed by atoms with Gasteiger partial charge in [0.2, 0.25) is 5.88 Å². The molecule has 0 aliphatic carbocycles. The van der Waals surface area contributed by atoms with Crippen molar-refractivity contribution in [3.63, 3.8) is 0 Å². The van der Waals surface area contributed by atoms with Crippen LogP contribution in [-0.4, -0.2) is 36.4 Å². The number of hydrogen-bond donors (Lipinski definition) is 3. The number of aryl methyl sites for hydroxylation is 1. The molecule has 1 saturated heterocycles. The van der Waals surface area contributed by atoms with Gasteiger partial charge in [0.1, 0.15) is 6.10 Å². The number of hydrogen-bond acceptors (Lipinski definition) is 9. The fourth-order valence-corrected chi connectivity index (χ4v) is 5.23. The third-order valence-electron chi connectivity index (χ3n) is 4.49. The molecule has 11 heteroatoms. The highest BCUT2D eigenvalue weighted by molar-refractivity contribution is 7.73. The molecule has 1 aliphatic rings. The van der Waals surface area contributed by atoms with Crippen molar-refractivity contribution in [2.75, 3.05) is 0 Å². The molecular formula is C15H20N4O4S3. The van der Waals surface area contributed by atoms with Crippen LogP contribution in [0.2, 0.25) is 0 Å². The minimum atomic E-state index is -0.856. The topological polar surface area (TPSA) is 110 Å². The first-order chi connectivity index (χ1) is 12.4. The minimum absolute atomic E-state index is 0.0452. The Hall–Kier alpha value is -1.40. The number of carbonyl (C=O) groups is 1. The third kappa shape index (κ3) is 3.96. The molecule has 0 bridgehead atoms. The number of carboxylic acid groups (broad SMARTS) is 1. The smallest absolute Gasteiger partial charge is 0.303 e. The number of thiazole rings is 1. The predicted molar refractivity (Wildman–Crippen MR) is 99.9 cm³/mol. The summed E-state index contributed by atoms with van der Waals surface area (Å²) in [6, 6.07) is 0.0945. The number of aromatic hydroxyl groups is 1. The first kappa shape index (κ1) is 19.4. The maximum atomic E-state index is 10.7. The van der Waals surface area contributed by atoms with Gasteiger partial charge in [0.25, 0.3) is 0 Å². The van der Waals surface area contributed by atoms with Gasteiger partial charge in [-0.3, -0.25) is 14.2 Å². The summed E-state index contributed by atoms with van der Waals surface area (Å²) in [5, 5.41) is 23.4. The minimum Gasteiger partial charge on any atom is -0.494 e. The Labute approximate surface area is 163 Å². The normalized spacial score (nSPS) is 22.8. The molecule has 8 nitrogen and oxygen atoms in total. The van der Waals surface area contributed by atoms with Crippen molar-refractivity contribution in [1.29, 1.82) is 0 Å². The van der Waals surface area contributed by atoms with E-state index in [9.17, 15) is 9.90 Å². The second-order valence-corrected chi connectivity index (χ2v) is 8.81. The fraction of sp³-hybridized carbons (Fsp3) is 0.600. The van der Waals surface area contributed by atoms with Crippen LogP contribution in [0.4, 0.5) is 0 Å². The second kappa shape index (κ2) is 8.09. The lowest BCUT2D eigenvalue weighted by Crippen LogP contribution is -2.24. The summed E-state index contributed by atoms with van der Waals surface area (Å²) in [4.78, 5) is 18.2. The number of hydroxylamine groups is 1. The summed E-state index contributed by atoms with van der Waals surface area (Å²) < 4.78 is 6.15. The van der Waals surface area contributed by atoms with Crippen molar-refractivity contribution in [2.45, 2.75) is 51.8 Å². The Kier molecular flexibility index (Phi) is 6.03. The van der Waals surface area contributed by atoms with Gasteiger partial charge in [-0.1, -0.05) is 4.49 Å². The lowest BCUT2D eigenvalue weighted by Gasteiger charge is -2.18. The summed E-state index contributed by atoms with van der Waals surface area (Å²) in [5.41, 5.74) is 3.87. The van der Waals surface area contributed by atoms with Crippen molar-refractivity contribution < 1.29 is 19.8 Å². The van der Waals surface area contributed by atoms with E-state index < -0.39 is 5.97 Å². The van der Waals surface area contributed by atoms with Gasteiger partial charge in [-0.15, -0.1) is 16.4 Å². The van der Waals surface area contributed by atoms with Gasteiger partial charge < -0.3 is 10.2 Å². The van der Waals surface area contributed by atoms with Gasteiger partial charge in [0.05, 0.1) is 15.4 Å². The zero-order valence-corrected chi connectivity index (χ0v) is 16.8. The van der Waals surface area contributed by atoms with Crippen LogP contribution in [0.1, 0.15) is 41.3 Å². The van der Waals surface area contributed by atoms with E-state index in [1.807, 2.05) is 13.8 Å². The number of nitrogens with zero attached hydrogens (tertiary/aromatic N) is 3. The van der Waals surface area contributed by atoms with E-state index in [1.165, 1.54) is 22.9 Å². The Morgan fingerprint density at radius 2 is 2.27 bits per heavy atom. The SMILES string of the molecule is Cc1nnsc1C1ONC(C)C1Cc1sc(=S)n(CCCC(=O)O)c1O. The highest BCUT2D eigenvalue weighted by Crippen LogP contribution is 2.40. The van der Waals surface area contributed by atoms with E-state index in [2.05, 4.69) is 15.1 Å². The van der Waals surface area contributed by atoms with Gasteiger partial charge >= 0.3 is 5.97 Å². The van der Waals surface area contributed by atoms with Crippen LogP contribution in [0.3, 0.4) is 0 Å². The molecule has 1 aliphatic heterocycles. The summed E-state index contributed by atoms with van der Waals surface area (Å²) in [6.07, 6.45) is 0.887. The summed E-state index contributed by atoms with van der Waals surface area (Å²) >= 11 is 8.03. The lowest BCUT2D eigenvalue weighted by molar-refractivity contribution is -0.137. The van der Waals surface area contributed by atoms with Gasteiger partial charge in [0, 0.05) is 24.9 Å². The largest absolute Gasteiger partial charge is 0.494 e. The number of nitrogens with one attached hydrogen (secondary N) is 1. The maximum Gasteiger partial charge on any atom is 0.303 e. The van der Waals surface area contributed by atoms with E-state index >= 15 is 0 Å². The quantitative estimate of drug-likeness (QED) is 0.591. The molecule has 0 aromatic carbocycles. The number of aromatic nitrogens is 3. The number of carboxylic acids is 1. The molecule has 3 unspecified atom stereocenters. The van der Waals surface area contributed by atoms with Gasteiger partial charge in [-0.2, -0.15) is 5.48 Å². The molecule has 26 heavy (non-hydrogen) atoms. The molecule has 3 atom stereocenters. The Morgan fingerprint density at radius 1 is 1.50 bits per heavy atom. The average Bonchev–Trinajstić information content (AvgIpc) is 3.22. The van der Waals surface area contributed by atoms with E-state index in [4.69, 9.17) is 22.2 Å². The predicted octanol–water partition coefficient (Wildman–Crippen LogP) is 2.83. The molecule has 2 aromatic rings. The van der Waals surface area contributed by atoms with E-state index in [1.54, 1.807) is 4.57 Å². The van der Waals surface area contributed by atoms with Crippen molar-refractivity contribution in [3.05, 3.63) is 19.4 Å². The molecule has 2 aromatic heterocycles. The fourth-order valence-electron chi connectivity index (χ4n) is 3.02. The molecule has 0 amide bonds. The molecule has 0 spiro atoms. The van der Waals surface area contributed by atoms with E-state index in [-0.39, 0.29) is 30.4 Å². The molecule has 3 heterocycles. The first-order valence-corrected chi connectivity index (χ1v) is 10.2. The van der Waals surface area contributed by atoms with E-state index in [0.29, 0.717) is 23.3 Å². The van der Waals surface area contributed by atoms with Crippen LogP contribution in [0, 0.1) is 16.8 Å². The van der Waals surface area contributed by atoms with Gasteiger partial charge in [-0.05, 0) is 50.4 Å². The number of aliphatic carboxylic acids is 1. The molecule has 142 valence electrons. The summed E-state index contributed by atoms with van der Waals surface area (Å²) in [6.45, 7) is 4.33. The van der Waals surface area contributed by atoms with Crippen LogP contribution < -0.4 is 5.48 Å². The number of rotatable bonds is 7. The average molecular weight is 417 g/mol. The van der Waals surface area contributed by atoms with Crippen LogP contribution >= 0.6 is 35.1 Å². The van der Waals surface area contributed by atoms with Crippen LogP contribution in [-0.2, 0) is 22.6 Å². The summed E-state index contributed by atoms with van der Waals surface area (Å²) in [7, 11) is 0. The zero-order valence-electron chi connectivity index (χ0n) is 14.3. The first-order valence-electron chi connectivity index (χ1n) is 8.21. The Bertz CT molecular complexity index is 846. The van der Waals surface area contributed by atoms with Gasteiger partial charge in [-0.25, -0.2) is 0 Å². The molecule has 3 N–H and O–H groups in total. The van der Waals surface area contributed by atoms with Crippen LogP contribution in [0.25, 0.3) is 0 Å². The second-order valence-electron chi connectivity index (χ2n) is 6.30. The Balaban J connectivity index is 1.78. The lowest BCUT2D eigenvalue weighted by atomic mass is 9.91. The zero-order chi connectivity index (χ0) is 18.8. The highest BCUT2D eigenvalue weighted by atomic mass is 32.1. The molecule has 3 rings (SSSR count). The monoisotopic (exact) mass is 416 g/mol.